The van der Waals surface area contributed by atoms with Crippen LogP contribution in [-0.4, -0.2) is 154 Å². The summed E-state index contributed by atoms with van der Waals surface area (Å²) in [4.78, 5) is 61.6. The minimum Gasteiger partial charge on any atom is -0.465 e. The molecule has 0 saturated carbocycles. The summed E-state index contributed by atoms with van der Waals surface area (Å²) in [6.45, 7) is -0.207. The number of carbonyl (C=O) groups is 4. The standard InChI is InChI=1S/C52H58F10N10O8/c1-49(2,51(57,58)59)42(66-48(78)79-5)44(74)64-39(18-29-9-6-28(7-10-29)8-11-30-12-15-41(63-21-30)69-22-32-13-14-33(23-69)72(32)34-26-80-27-34)40(73)25-70(68-45(75)43(65-47(76)77)50(3,4)52(60,61)62)24-35-36(53)19-31(20-37(35)54)38-16-17-71(67-38)46(55)56/h6-7,9-10,12,15-17,19-21,32-34,39-40,42-43,46,65,73H,13-14,18,22-27H2,1-5H3,(H,64,74)(H,66,78)(H,68,75)(H,76,77). The van der Waals surface area contributed by atoms with E-state index in [2.05, 4.69) is 41.8 Å². The number of hydrogen-bond donors (Lipinski definition) is 6. The first-order valence-electron chi connectivity index (χ1n) is 25.0. The van der Waals surface area contributed by atoms with E-state index >= 15 is 8.78 Å². The first-order chi connectivity index (χ1) is 37.5. The molecule has 0 spiro atoms. The van der Waals surface area contributed by atoms with Gasteiger partial charge >= 0.3 is 31.1 Å². The highest BCUT2D eigenvalue weighted by Gasteiger charge is 2.57. The van der Waals surface area contributed by atoms with Gasteiger partial charge in [-0.3, -0.25) is 19.9 Å². The van der Waals surface area contributed by atoms with Crippen molar-refractivity contribution >= 4 is 29.8 Å². The summed E-state index contributed by atoms with van der Waals surface area (Å²) in [5, 5.41) is 31.1. The SMILES string of the molecule is COC(=O)NC(C(=O)NC(Cc1ccc(C#Cc2ccc(N3CC4CCC(C3)N4C3COC3)nc2)cc1)C(O)CN(Cc1c(F)cc(-c2ccn(C(F)F)n2)cc1F)NC(=O)C(NC(=O)O)C(C)(C)C(F)(F)F)C(C)(C)C(F)(F)F. The third-order valence-corrected chi connectivity index (χ3v) is 14.6. The molecule has 3 aliphatic heterocycles. The van der Waals surface area contributed by atoms with Crippen molar-refractivity contribution in [3.05, 3.63) is 101 Å². The average Bonchev–Trinajstić information content (AvgIpc) is 3.96. The maximum atomic E-state index is 16.0. The number of fused-ring (bicyclic) bond motifs is 2. The molecule has 434 valence electrons. The van der Waals surface area contributed by atoms with Gasteiger partial charge in [0.15, 0.2) is 0 Å². The van der Waals surface area contributed by atoms with E-state index < -0.39 is 115 Å². The van der Waals surface area contributed by atoms with Gasteiger partial charge in [-0.25, -0.2) is 33.0 Å². The number of benzene rings is 2. The van der Waals surface area contributed by atoms with Gasteiger partial charge in [0, 0.05) is 72.9 Å². The zero-order valence-electron chi connectivity index (χ0n) is 43.6. The van der Waals surface area contributed by atoms with Gasteiger partial charge < -0.3 is 40.5 Å². The van der Waals surface area contributed by atoms with Gasteiger partial charge in [-0.05, 0) is 95.0 Å². The van der Waals surface area contributed by atoms with E-state index in [0.717, 1.165) is 64.3 Å². The second-order valence-electron chi connectivity index (χ2n) is 20.8. The number of alkyl carbamates (subject to hydrolysis) is 1. The number of amides is 4. The topological polar surface area (TPSA) is 216 Å². The van der Waals surface area contributed by atoms with E-state index in [4.69, 9.17) is 4.74 Å². The Hall–Kier alpha value is -7.22. The number of halogens is 10. The minimum absolute atomic E-state index is 0.188. The molecule has 2 bridgehead atoms. The average molecular weight is 1140 g/mol. The predicted octanol–water partition coefficient (Wildman–Crippen LogP) is 6.53. The van der Waals surface area contributed by atoms with Crippen molar-refractivity contribution in [1.29, 1.82) is 0 Å². The van der Waals surface area contributed by atoms with Gasteiger partial charge in [0.2, 0.25) is 5.91 Å². The molecule has 2 aromatic carbocycles. The number of anilines is 1. The summed E-state index contributed by atoms with van der Waals surface area (Å²) < 4.78 is 155. The van der Waals surface area contributed by atoms with Crippen LogP contribution in [0.4, 0.5) is 59.3 Å². The number of hydrogen-bond acceptors (Lipinski definition) is 12. The lowest BCUT2D eigenvalue weighted by Crippen LogP contribution is -2.63. The molecule has 7 rings (SSSR count). The minimum atomic E-state index is -5.28. The second kappa shape index (κ2) is 24.2. The van der Waals surface area contributed by atoms with Crippen LogP contribution < -0.4 is 26.3 Å². The van der Waals surface area contributed by atoms with Gasteiger partial charge in [-0.2, -0.15) is 40.2 Å². The molecule has 3 saturated heterocycles. The van der Waals surface area contributed by atoms with E-state index in [1.54, 1.807) is 6.20 Å². The Balaban J connectivity index is 1.18. The maximum Gasteiger partial charge on any atom is 0.407 e. The normalized spacial score (nSPS) is 18.6. The monoisotopic (exact) mass is 1140 g/mol. The fourth-order valence-electron chi connectivity index (χ4n) is 9.62. The number of hydrazine groups is 1. The molecule has 6 unspecified atom stereocenters. The third-order valence-electron chi connectivity index (χ3n) is 14.6. The molecule has 5 heterocycles. The maximum absolute atomic E-state index is 16.0. The molecule has 28 heteroatoms. The van der Waals surface area contributed by atoms with E-state index in [1.807, 2.05) is 22.9 Å². The van der Waals surface area contributed by atoms with E-state index in [1.165, 1.54) is 29.6 Å². The number of methoxy groups -OCH3 is 1. The molecule has 80 heavy (non-hydrogen) atoms. The largest absolute Gasteiger partial charge is 0.465 e. The van der Waals surface area contributed by atoms with E-state index in [0.29, 0.717) is 74.1 Å². The Morgan fingerprint density at radius 1 is 0.812 bits per heavy atom. The number of piperazine rings is 1. The summed E-state index contributed by atoms with van der Waals surface area (Å²) in [5.41, 5.74) is -4.67. The molecular weight excluding hydrogens is 1080 g/mol. The highest BCUT2D eigenvalue weighted by molar-refractivity contribution is 5.87. The van der Waals surface area contributed by atoms with Crippen molar-refractivity contribution in [3.63, 3.8) is 0 Å². The predicted molar refractivity (Wildman–Crippen MR) is 265 cm³/mol. The van der Waals surface area contributed by atoms with Crippen molar-refractivity contribution in [2.24, 2.45) is 10.8 Å². The zero-order valence-corrected chi connectivity index (χ0v) is 43.6. The van der Waals surface area contributed by atoms with Crippen LogP contribution in [0.3, 0.4) is 0 Å². The molecule has 0 aliphatic carbocycles. The van der Waals surface area contributed by atoms with Crippen molar-refractivity contribution in [2.75, 3.05) is 44.9 Å². The number of nitrogens with zero attached hydrogens (tertiary/aromatic N) is 6. The van der Waals surface area contributed by atoms with Crippen molar-refractivity contribution < 1.29 is 82.8 Å². The smallest absolute Gasteiger partial charge is 0.407 e. The molecule has 6 N–H and O–H groups in total. The second-order valence-corrected chi connectivity index (χ2v) is 20.8. The first-order valence-corrected chi connectivity index (χ1v) is 25.0. The molecule has 0 radical (unpaired) electrons. The Morgan fingerprint density at radius 2 is 1.39 bits per heavy atom. The molecule has 2 aromatic heterocycles. The highest BCUT2D eigenvalue weighted by atomic mass is 19.4. The quantitative estimate of drug-likeness (QED) is 0.0335. The number of aliphatic hydroxyl groups excluding tert-OH is 1. The Bertz CT molecular complexity index is 2890. The van der Waals surface area contributed by atoms with Crippen LogP contribution in [0, 0.1) is 34.3 Å². The molecule has 4 amide bonds. The van der Waals surface area contributed by atoms with Gasteiger partial charge in [0.25, 0.3) is 5.91 Å². The van der Waals surface area contributed by atoms with Crippen LogP contribution in [0.2, 0.25) is 0 Å². The van der Waals surface area contributed by atoms with Gasteiger partial charge in [0.05, 0.1) is 55.0 Å². The Labute approximate surface area is 452 Å². The van der Waals surface area contributed by atoms with Crippen molar-refractivity contribution in [2.45, 2.75) is 115 Å². The fourth-order valence-corrected chi connectivity index (χ4v) is 9.62. The lowest BCUT2D eigenvalue weighted by molar-refractivity contribution is -0.221. The number of pyridine rings is 1. The lowest BCUT2D eigenvalue weighted by atomic mass is 9.82. The van der Waals surface area contributed by atoms with E-state index in [-0.39, 0.29) is 21.5 Å². The van der Waals surface area contributed by atoms with Crippen LogP contribution in [0.25, 0.3) is 11.3 Å². The molecule has 3 aliphatic rings. The zero-order chi connectivity index (χ0) is 58.6. The van der Waals surface area contributed by atoms with Gasteiger partial charge in [-0.1, -0.05) is 24.0 Å². The molecule has 18 nitrogen and oxygen atoms in total. The van der Waals surface area contributed by atoms with Crippen LogP contribution in [0.15, 0.2) is 67.0 Å². The summed E-state index contributed by atoms with van der Waals surface area (Å²) in [6, 6.07) is 6.33. The Kier molecular flexibility index (Phi) is 18.3. The number of rotatable bonds is 19. The number of carbonyl (C=O) groups excluding carboxylic acids is 3. The number of aromatic nitrogens is 3. The summed E-state index contributed by atoms with van der Waals surface area (Å²) >= 11 is 0. The third kappa shape index (κ3) is 13.8. The van der Waals surface area contributed by atoms with Crippen molar-refractivity contribution in [3.8, 4) is 23.1 Å². The number of alkyl halides is 8. The van der Waals surface area contributed by atoms with Gasteiger partial charge in [-0.15, -0.1) is 0 Å². The first kappa shape index (κ1) is 60.4. The van der Waals surface area contributed by atoms with Crippen LogP contribution in [-0.2, 0) is 32.0 Å². The number of nitrogens with one attached hydrogen (secondary N) is 4. The van der Waals surface area contributed by atoms with Crippen LogP contribution >= 0.6 is 0 Å². The highest BCUT2D eigenvalue weighted by Crippen LogP contribution is 2.42. The van der Waals surface area contributed by atoms with Gasteiger partial charge in [0.1, 0.15) is 29.5 Å². The number of aliphatic hydroxyl groups is 1. The van der Waals surface area contributed by atoms with Crippen LogP contribution in [0.5, 0.6) is 0 Å². The molecule has 3 fully saturated rings. The Morgan fingerprint density at radius 3 is 1.89 bits per heavy atom. The summed E-state index contributed by atoms with van der Waals surface area (Å²) in [5.74, 6) is 0.608. The molecule has 6 atom stereocenters. The lowest BCUT2D eigenvalue weighted by Gasteiger charge is -2.47. The summed E-state index contributed by atoms with van der Waals surface area (Å²) in [7, 11) is 0.811. The number of ether oxygens (including phenoxy) is 2. The van der Waals surface area contributed by atoms with Crippen LogP contribution in [0.1, 0.15) is 69.3 Å². The molecule has 4 aromatic rings. The number of carboxylic acid groups (broad SMARTS) is 1. The summed E-state index contributed by atoms with van der Waals surface area (Å²) in [6.07, 6.45) is -12.1. The van der Waals surface area contributed by atoms with Crippen molar-refractivity contribution in [1.82, 2.24) is 46.0 Å². The fraction of sp³-hybridized carbons (Fsp3) is 0.500. The molecular formula is C52H58F10N10O8. The van der Waals surface area contributed by atoms with E-state index in [9.17, 15) is 64.5 Å².